The molecule has 0 amide bonds. The van der Waals surface area contributed by atoms with Crippen LogP contribution in [0, 0.1) is 0 Å². The van der Waals surface area contributed by atoms with Crippen LogP contribution in [0.2, 0.25) is 0 Å². The lowest BCUT2D eigenvalue weighted by atomic mass is 9.98. The third kappa shape index (κ3) is 6.90. The molecule has 4 heteroatoms. The first-order valence-electron chi connectivity index (χ1n) is 8.27. The van der Waals surface area contributed by atoms with Crippen LogP contribution in [0.5, 0.6) is 0 Å². The topological polar surface area (TPSA) is 28.2 Å². The quantitative estimate of drug-likeness (QED) is 0.746. The summed E-state index contributed by atoms with van der Waals surface area (Å²) < 4.78 is 0. The van der Waals surface area contributed by atoms with E-state index >= 15 is 0 Å². The molecule has 1 aromatic heterocycles. The fourth-order valence-corrected chi connectivity index (χ4v) is 3.18. The van der Waals surface area contributed by atoms with Gasteiger partial charge in [0, 0.05) is 23.4 Å². The van der Waals surface area contributed by atoms with E-state index in [0.29, 0.717) is 6.04 Å². The highest BCUT2D eigenvalue weighted by Gasteiger charge is 2.17. The van der Waals surface area contributed by atoms with Crippen molar-refractivity contribution in [1.82, 2.24) is 15.2 Å². The van der Waals surface area contributed by atoms with Crippen LogP contribution in [0.4, 0.5) is 0 Å². The lowest BCUT2D eigenvalue weighted by Gasteiger charge is -2.19. The zero-order chi connectivity index (χ0) is 15.9. The maximum absolute atomic E-state index is 4.74. The van der Waals surface area contributed by atoms with Crippen molar-refractivity contribution >= 4 is 11.3 Å². The highest BCUT2D eigenvalue weighted by molar-refractivity contribution is 7.09. The molecule has 0 spiro atoms. The van der Waals surface area contributed by atoms with Gasteiger partial charge in [-0.15, -0.1) is 11.3 Å². The molecule has 1 heterocycles. The summed E-state index contributed by atoms with van der Waals surface area (Å²) in [7, 11) is 0. The molecule has 0 bridgehead atoms. The number of rotatable bonds is 9. The zero-order valence-corrected chi connectivity index (χ0v) is 15.5. The summed E-state index contributed by atoms with van der Waals surface area (Å²) >= 11 is 1.78. The Labute approximate surface area is 135 Å². The Bertz CT molecular complexity index is 391. The van der Waals surface area contributed by atoms with Crippen molar-refractivity contribution < 1.29 is 0 Å². The zero-order valence-electron chi connectivity index (χ0n) is 14.7. The van der Waals surface area contributed by atoms with Crippen molar-refractivity contribution in [2.45, 2.75) is 72.4 Å². The monoisotopic (exact) mass is 311 g/mol. The summed E-state index contributed by atoms with van der Waals surface area (Å²) in [4.78, 5) is 7.23. The van der Waals surface area contributed by atoms with Gasteiger partial charge in [-0.3, -0.25) is 0 Å². The third-order valence-corrected chi connectivity index (χ3v) is 5.15. The SMILES string of the molecule is CCN(CC)CCCC(C)NCc1csc(C(C)(C)C)n1. The van der Waals surface area contributed by atoms with Gasteiger partial charge in [-0.25, -0.2) is 4.98 Å². The van der Waals surface area contributed by atoms with Crippen LogP contribution < -0.4 is 5.32 Å². The van der Waals surface area contributed by atoms with Gasteiger partial charge in [0.15, 0.2) is 0 Å². The van der Waals surface area contributed by atoms with Crippen molar-refractivity contribution in [3.8, 4) is 0 Å². The molecule has 0 saturated heterocycles. The van der Waals surface area contributed by atoms with E-state index in [2.05, 4.69) is 57.1 Å². The largest absolute Gasteiger partial charge is 0.309 e. The highest BCUT2D eigenvalue weighted by atomic mass is 32.1. The minimum Gasteiger partial charge on any atom is -0.309 e. The molecular formula is C17H33N3S. The van der Waals surface area contributed by atoms with Crippen molar-refractivity contribution in [2.75, 3.05) is 19.6 Å². The van der Waals surface area contributed by atoms with Crippen molar-refractivity contribution in [1.29, 1.82) is 0 Å². The second-order valence-electron chi connectivity index (χ2n) is 6.85. The first kappa shape index (κ1) is 18.6. The lowest BCUT2D eigenvalue weighted by molar-refractivity contribution is 0.290. The third-order valence-electron chi connectivity index (χ3n) is 3.83. The average molecular weight is 312 g/mol. The van der Waals surface area contributed by atoms with E-state index in [1.54, 1.807) is 11.3 Å². The molecule has 1 N–H and O–H groups in total. The molecule has 1 rings (SSSR count). The van der Waals surface area contributed by atoms with Crippen LogP contribution in [0.25, 0.3) is 0 Å². The van der Waals surface area contributed by atoms with Crippen molar-refractivity contribution in [3.05, 3.63) is 16.1 Å². The fourth-order valence-electron chi connectivity index (χ4n) is 2.27. The first-order valence-corrected chi connectivity index (χ1v) is 9.15. The van der Waals surface area contributed by atoms with E-state index in [-0.39, 0.29) is 5.41 Å². The van der Waals surface area contributed by atoms with Crippen molar-refractivity contribution in [3.63, 3.8) is 0 Å². The Kier molecular flexibility index (Phi) is 7.85. The van der Waals surface area contributed by atoms with Gasteiger partial charge in [0.1, 0.15) is 0 Å². The number of nitrogens with zero attached hydrogens (tertiary/aromatic N) is 2. The fraction of sp³-hybridized carbons (Fsp3) is 0.824. The van der Waals surface area contributed by atoms with Crippen LogP contribution in [-0.2, 0) is 12.0 Å². The van der Waals surface area contributed by atoms with Gasteiger partial charge >= 0.3 is 0 Å². The highest BCUT2D eigenvalue weighted by Crippen LogP contribution is 2.25. The summed E-state index contributed by atoms with van der Waals surface area (Å²) in [6.45, 7) is 17.8. The summed E-state index contributed by atoms with van der Waals surface area (Å²) in [5.41, 5.74) is 1.35. The smallest absolute Gasteiger partial charge is 0.0982 e. The Morgan fingerprint density at radius 1 is 1.29 bits per heavy atom. The van der Waals surface area contributed by atoms with E-state index in [0.717, 1.165) is 19.6 Å². The van der Waals surface area contributed by atoms with E-state index in [9.17, 15) is 0 Å². The van der Waals surface area contributed by atoms with Crippen LogP contribution in [0.3, 0.4) is 0 Å². The Morgan fingerprint density at radius 3 is 2.48 bits per heavy atom. The van der Waals surface area contributed by atoms with Gasteiger partial charge in [0.25, 0.3) is 0 Å². The molecule has 0 aliphatic carbocycles. The molecule has 0 aromatic carbocycles. The van der Waals surface area contributed by atoms with Crippen molar-refractivity contribution in [2.24, 2.45) is 0 Å². The molecule has 122 valence electrons. The molecule has 3 nitrogen and oxygen atoms in total. The predicted octanol–water partition coefficient (Wildman–Crippen LogP) is 4.04. The number of hydrogen-bond acceptors (Lipinski definition) is 4. The summed E-state index contributed by atoms with van der Waals surface area (Å²) in [6.07, 6.45) is 2.49. The van der Waals surface area contributed by atoms with Crippen LogP contribution >= 0.6 is 11.3 Å². The van der Waals surface area contributed by atoms with Crippen LogP contribution in [0.1, 0.15) is 65.1 Å². The second-order valence-corrected chi connectivity index (χ2v) is 7.70. The molecule has 1 atom stereocenters. The molecule has 1 unspecified atom stereocenters. The van der Waals surface area contributed by atoms with Gasteiger partial charge in [-0.05, 0) is 39.4 Å². The van der Waals surface area contributed by atoms with Gasteiger partial charge in [-0.1, -0.05) is 34.6 Å². The summed E-state index contributed by atoms with van der Waals surface area (Å²) in [6, 6.07) is 0.556. The molecule has 0 aliphatic heterocycles. The summed E-state index contributed by atoms with van der Waals surface area (Å²) in [5, 5.41) is 7.02. The Balaban J connectivity index is 2.27. The molecule has 0 fully saturated rings. The van der Waals surface area contributed by atoms with E-state index < -0.39 is 0 Å². The maximum atomic E-state index is 4.74. The predicted molar refractivity (Wildman–Crippen MR) is 94.1 cm³/mol. The minimum atomic E-state index is 0.165. The molecule has 1 aromatic rings. The van der Waals surface area contributed by atoms with Gasteiger partial charge < -0.3 is 10.2 Å². The molecule has 0 radical (unpaired) electrons. The van der Waals surface area contributed by atoms with E-state index in [1.165, 1.54) is 30.1 Å². The number of nitrogens with one attached hydrogen (secondary N) is 1. The van der Waals surface area contributed by atoms with Gasteiger partial charge in [0.2, 0.25) is 0 Å². The number of hydrogen-bond donors (Lipinski definition) is 1. The molecule has 21 heavy (non-hydrogen) atoms. The normalized spacial score (nSPS) is 13.9. The molecule has 0 saturated carbocycles. The first-order chi connectivity index (χ1) is 9.86. The minimum absolute atomic E-state index is 0.165. The van der Waals surface area contributed by atoms with Gasteiger partial charge in [-0.2, -0.15) is 0 Å². The van der Waals surface area contributed by atoms with Gasteiger partial charge in [0.05, 0.1) is 10.7 Å². The number of thiazole rings is 1. The van der Waals surface area contributed by atoms with Crippen LogP contribution in [-0.4, -0.2) is 35.6 Å². The van der Waals surface area contributed by atoms with Crippen LogP contribution in [0.15, 0.2) is 5.38 Å². The standard InChI is InChI=1S/C17H33N3S/c1-7-20(8-2)11-9-10-14(3)18-12-15-13-21-16(19-15)17(4,5)6/h13-14,18H,7-12H2,1-6H3. The van der Waals surface area contributed by atoms with E-state index in [4.69, 9.17) is 4.98 Å². The lowest BCUT2D eigenvalue weighted by Crippen LogP contribution is -2.29. The van der Waals surface area contributed by atoms with E-state index in [1.807, 2.05) is 0 Å². The second kappa shape index (κ2) is 8.86. The average Bonchev–Trinajstić information content (AvgIpc) is 2.90. The Hall–Kier alpha value is -0.450. The molecular weight excluding hydrogens is 278 g/mol. The number of aromatic nitrogens is 1. The maximum Gasteiger partial charge on any atom is 0.0982 e. The summed E-state index contributed by atoms with van der Waals surface area (Å²) in [5.74, 6) is 0. The molecule has 0 aliphatic rings. The Morgan fingerprint density at radius 2 is 1.95 bits per heavy atom.